The lowest BCUT2D eigenvalue weighted by atomic mass is 9.66. The number of hydrogen-bond acceptors (Lipinski definition) is 4. The predicted octanol–water partition coefficient (Wildman–Crippen LogP) is 0.267. The summed E-state index contributed by atoms with van der Waals surface area (Å²) in [5, 5.41) is 9.39. The average molecular weight is 292 g/mol. The van der Waals surface area contributed by atoms with Crippen LogP contribution in [0.3, 0.4) is 0 Å². The van der Waals surface area contributed by atoms with Crippen LogP contribution >= 0.6 is 0 Å². The number of carbonyl (C=O) groups excluding carboxylic acids is 1. The molecule has 0 aromatic carbocycles. The van der Waals surface area contributed by atoms with Gasteiger partial charge < -0.3 is 20.7 Å². The number of fused-ring (bicyclic) bond motifs is 1. The Bertz CT molecular complexity index is 559. The first-order valence-electron chi connectivity index (χ1n) is 7.28. The number of carboxylic acids is 1. The molecule has 1 aliphatic heterocycles. The number of rotatable bonds is 4. The molecule has 1 atom stereocenters. The highest BCUT2D eigenvalue weighted by atomic mass is 16.4. The number of aliphatic carboxylic acids is 1. The summed E-state index contributed by atoms with van der Waals surface area (Å²) >= 11 is 0. The summed E-state index contributed by atoms with van der Waals surface area (Å²) in [4.78, 5) is 32.6. The maximum Gasteiger partial charge on any atom is 0.326 e. The molecule has 3 rings (SSSR count). The number of aromatic nitrogens is 2. The molecule has 1 fully saturated rings. The van der Waals surface area contributed by atoms with Crippen molar-refractivity contribution in [2.45, 2.75) is 44.7 Å². The fraction of sp³-hybridized carbons (Fsp3) is 0.643. The van der Waals surface area contributed by atoms with E-state index in [9.17, 15) is 14.7 Å². The number of nitrogens with zero attached hydrogens (tertiary/aromatic N) is 2. The van der Waals surface area contributed by atoms with Gasteiger partial charge in [0.2, 0.25) is 5.91 Å². The van der Waals surface area contributed by atoms with Gasteiger partial charge in [0.25, 0.3) is 0 Å². The molecule has 114 valence electrons. The molecule has 7 nitrogen and oxygen atoms in total. The van der Waals surface area contributed by atoms with Gasteiger partial charge in [-0.15, -0.1) is 0 Å². The largest absolute Gasteiger partial charge is 0.480 e. The molecule has 0 spiro atoms. The Labute approximate surface area is 122 Å². The third-order valence-corrected chi connectivity index (χ3v) is 4.88. The molecule has 0 saturated heterocycles. The Morgan fingerprint density at radius 1 is 1.52 bits per heavy atom. The van der Waals surface area contributed by atoms with Gasteiger partial charge in [-0.2, -0.15) is 0 Å². The normalized spacial score (nSPS) is 23.3. The molecule has 0 radical (unpaired) electrons. The minimum absolute atomic E-state index is 0.117. The molecule has 2 aliphatic rings. The fourth-order valence-corrected chi connectivity index (χ4v) is 3.27. The number of nitrogens with two attached hydrogens (primary N) is 1. The molecule has 0 bridgehead atoms. The summed E-state index contributed by atoms with van der Waals surface area (Å²) in [6.07, 6.45) is 5.15. The summed E-state index contributed by atoms with van der Waals surface area (Å²) in [5.74, 6) is -1.10. The molecule has 1 aromatic rings. The second-order valence-corrected chi connectivity index (χ2v) is 6.14. The van der Waals surface area contributed by atoms with Crippen molar-refractivity contribution < 1.29 is 14.7 Å². The molecule has 1 amide bonds. The Balaban J connectivity index is 1.78. The van der Waals surface area contributed by atoms with E-state index >= 15 is 0 Å². The number of H-pyrrole nitrogens is 1. The summed E-state index contributed by atoms with van der Waals surface area (Å²) < 4.78 is 0. The van der Waals surface area contributed by atoms with E-state index in [0.29, 0.717) is 13.0 Å². The van der Waals surface area contributed by atoms with Gasteiger partial charge in [0.1, 0.15) is 6.04 Å². The monoisotopic (exact) mass is 292 g/mol. The Morgan fingerprint density at radius 2 is 2.29 bits per heavy atom. The number of amides is 1. The van der Waals surface area contributed by atoms with E-state index in [0.717, 1.165) is 30.7 Å². The summed E-state index contributed by atoms with van der Waals surface area (Å²) in [7, 11) is 0. The minimum Gasteiger partial charge on any atom is -0.480 e. The smallest absolute Gasteiger partial charge is 0.326 e. The van der Waals surface area contributed by atoms with Gasteiger partial charge in [0.05, 0.1) is 24.3 Å². The first-order chi connectivity index (χ1) is 10.0. The highest BCUT2D eigenvalue weighted by Gasteiger charge is 2.42. The lowest BCUT2D eigenvalue weighted by Crippen LogP contribution is -2.51. The third-order valence-electron chi connectivity index (χ3n) is 4.88. The van der Waals surface area contributed by atoms with Crippen molar-refractivity contribution in [2.24, 2.45) is 11.1 Å². The molecule has 1 unspecified atom stereocenters. The van der Waals surface area contributed by atoms with Gasteiger partial charge in [-0.3, -0.25) is 4.79 Å². The number of aromatic amines is 1. The molecule has 1 aromatic heterocycles. The van der Waals surface area contributed by atoms with E-state index < -0.39 is 12.0 Å². The van der Waals surface area contributed by atoms with Gasteiger partial charge >= 0.3 is 5.97 Å². The van der Waals surface area contributed by atoms with E-state index in [1.807, 2.05) is 0 Å². The lowest BCUT2D eigenvalue weighted by Gasteiger charge is -2.42. The van der Waals surface area contributed by atoms with E-state index in [1.165, 1.54) is 4.90 Å². The van der Waals surface area contributed by atoms with Crippen LogP contribution in [0, 0.1) is 5.41 Å². The highest BCUT2D eigenvalue weighted by Crippen LogP contribution is 2.43. The standard InChI is InChI=1S/C14H20N4O3/c15-7-14(2-1-3-14)5-12(19)18-6-10-9(16-8-17-10)4-11(18)13(20)21/h8,11H,1-7,15H2,(H,16,17)(H,20,21). The van der Waals surface area contributed by atoms with E-state index in [-0.39, 0.29) is 24.3 Å². The van der Waals surface area contributed by atoms with Crippen LogP contribution in [0.2, 0.25) is 0 Å². The van der Waals surface area contributed by atoms with Gasteiger partial charge in [-0.1, -0.05) is 6.42 Å². The maximum atomic E-state index is 12.6. The van der Waals surface area contributed by atoms with Crippen LogP contribution in [0.15, 0.2) is 6.33 Å². The van der Waals surface area contributed by atoms with Crippen LogP contribution in [0.5, 0.6) is 0 Å². The quantitative estimate of drug-likeness (QED) is 0.737. The Hall–Kier alpha value is -1.89. The van der Waals surface area contributed by atoms with Crippen molar-refractivity contribution in [3.05, 3.63) is 17.7 Å². The van der Waals surface area contributed by atoms with Gasteiger partial charge in [-0.25, -0.2) is 9.78 Å². The van der Waals surface area contributed by atoms with E-state index in [2.05, 4.69) is 9.97 Å². The zero-order chi connectivity index (χ0) is 15.0. The summed E-state index contributed by atoms with van der Waals surface area (Å²) in [5.41, 5.74) is 7.25. The zero-order valence-electron chi connectivity index (χ0n) is 11.8. The number of imidazole rings is 1. The lowest BCUT2D eigenvalue weighted by molar-refractivity contribution is -0.153. The molecule has 2 heterocycles. The fourth-order valence-electron chi connectivity index (χ4n) is 3.27. The van der Waals surface area contributed by atoms with Crippen molar-refractivity contribution in [3.63, 3.8) is 0 Å². The summed E-state index contributed by atoms with van der Waals surface area (Å²) in [6.45, 7) is 0.769. The summed E-state index contributed by atoms with van der Waals surface area (Å²) in [6, 6.07) is -0.830. The zero-order valence-corrected chi connectivity index (χ0v) is 11.8. The second-order valence-electron chi connectivity index (χ2n) is 6.14. The average Bonchev–Trinajstić information content (AvgIpc) is 2.88. The van der Waals surface area contributed by atoms with Crippen LogP contribution in [-0.4, -0.2) is 44.4 Å². The van der Waals surface area contributed by atoms with Crippen molar-refractivity contribution in [1.29, 1.82) is 0 Å². The van der Waals surface area contributed by atoms with Crippen molar-refractivity contribution in [1.82, 2.24) is 14.9 Å². The number of carboxylic acid groups (broad SMARTS) is 1. The number of carbonyl (C=O) groups is 2. The van der Waals surface area contributed by atoms with Crippen molar-refractivity contribution in [3.8, 4) is 0 Å². The van der Waals surface area contributed by atoms with Gasteiger partial charge in [-0.05, 0) is 24.8 Å². The highest BCUT2D eigenvalue weighted by molar-refractivity contribution is 5.84. The molecular formula is C14H20N4O3. The van der Waals surface area contributed by atoms with Crippen molar-refractivity contribution in [2.75, 3.05) is 6.54 Å². The van der Waals surface area contributed by atoms with E-state index in [1.54, 1.807) is 6.33 Å². The predicted molar refractivity (Wildman–Crippen MR) is 74.2 cm³/mol. The Morgan fingerprint density at radius 3 is 2.86 bits per heavy atom. The molecule has 1 aliphatic carbocycles. The van der Waals surface area contributed by atoms with Crippen molar-refractivity contribution >= 4 is 11.9 Å². The Kier molecular flexibility index (Phi) is 3.44. The molecule has 7 heteroatoms. The number of nitrogens with one attached hydrogen (secondary N) is 1. The first kappa shape index (κ1) is 14.1. The molecule has 4 N–H and O–H groups in total. The number of hydrogen-bond donors (Lipinski definition) is 3. The third kappa shape index (κ3) is 2.42. The SMILES string of the molecule is NCC1(CC(=O)N2Cc3[nH]cnc3CC2C(=O)O)CCC1. The van der Waals surface area contributed by atoms with Gasteiger partial charge in [0.15, 0.2) is 0 Å². The molecule has 1 saturated carbocycles. The van der Waals surface area contributed by atoms with Crippen LogP contribution in [0.25, 0.3) is 0 Å². The van der Waals surface area contributed by atoms with Crippen LogP contribution in [0.1, 0.15) is 37.1 Å². The van der Waals surface area contributed by atoms with Crippen LogP contribution in [-0.2, 0) is 22.6 Å². The van der Waals surface area contributed by atoms with Crippen LogP contribution in [0.4, 0.5) is 0 Å². The topological polar surface area (TPSA) is 112 Å². The molecule has 21 heavy (non-hydrogen) atoms. The maximum absolute atomic E-state index is 12.6. The first-order valence-corrected chi connectivity index (χ1v) is 7.28. The van der Waals surface area contributed by atoms with E-state index in [4.69, 9.17) is 5.73 Å². The van der Waals surface area contributed by atoms with Gasteiger partial charge in [0, 0.05) is 12.8 Å². The molecular weight excluding hydrogens is 272 g/mol. The van der Waals surface area contributed by atoms with Crippen LogP contribution < -0.4 is 5.73 Å². The minimum atomic E-state index is -0.979. The second kappa shape index (κ2) is 5.14.